The molecule has 0 saturated carbocycles. The van der Waals surface area contributed by atoms with Crippen molar-refractivity contribution in [1.29, 1.82) is 0 Å². The first-order valence-corrected chi connectivity index (χ1v) is 31.1. The number of hydrogen-bond donors (Lipinski definition) is 4. The number of ether oxygens (including phenoxy) is 2. The molecule has 454 valence electrons. The zero-order chi connectivity index (χ0) is 59.3. The summed E-state index contributed by atoms with van der Waals surface area (Å²) in [6, 6.07) is 26.7. The average Bonchev–Trinajstić information content (AvgIpc) is 3.49. The van der Waals surface area contributed by atoms with Crippen molar-refractivity contribution in [2.45, 2.75) is 202 Å². The summed E-state index contributed by atoms with van der Waals surface area (Å²) in [5, 5.41) is 38.8. The Balaban J connectivity index is 0.000000297. The van der Waals surface area contributed by atoms with Crippen LogP contribution in [0.15, 0.2) is 84.9 Å². The first kappa shape index (κ1) is 67.6. The molecule has 0 saturated heterocycles. The lowest BCUT2D eigenvalue weighted by atomic mass is 9.66. The van der Waals surface area contributed by atoms with Crippen LogP contribution in [0.25, 0.3) is 0 Å². The van der Waals surface area contributed by atoms with Gasteiger partial charge in [-0.15, -0.1) is 0 Å². The van der Waals surface area contributed by atoms with Crippen LogP contribution in [0.2, 0.25) is 0 Å². The molecule has 0 aromatic heterocycles. The number of aromatic hydroxyl groups is 2. The molecule has 0 fully saturated rings. The van der Waals surface area contributed by atoms with Gasteiger partial charge in [0.1, 0.15) is 23.0 Å². The molecule has 0 aliphatic carbocycles. The van der Waals surface area contributed by atoms with E-state index < -0.39 is 54.3 Å². The molecule has 2 aliphatic heterocycles. The van der Waals surface area contributed by atoms with Gasteiger partial charge in [0.25, 0.3) is 0 Å². The smallest absolute Gasteiger partial charge is 0.453 e. The van der Waals surface area contributed by atoms with Crippen molar-refractivity contribution in [2.75, 3.05) is 36.2 Å². The van der Waals surface area contributed by atoms with Gasteiger partial charge in [0.2, 0.25) is 0 Å². The Morgan fingerprint density at radius 3 is 1.26 bits per heavy atom. The van der Waals surface area contributed by atoms with E-state index >= 15 is 0 Å². The van der Waals surface area contributed by atoms with Crippen molar-refractivity contribution in [2.24, 2.45) is 0 Å². The van der Waals surface area contributed by atoms with Gasteiger partial charge >= 0.3 is 24.2 Å². The number of benzene rings is 4. The highest BCUT2D eigenvalue weighted by atomic mass is 32.2. The SMILES string of the molecule is C[C@]1(c2ccc(CO)cc2)COc2cc(O)ccc2[C@H]1CCCCCCCCCS(=O)CCCC(F)(F)C(F)(F)F.C[C@]1(c2ccc(CO)cc2)COc2cc(O)ccc2[C@H]1CCCCCCCCCSCCCC(F)(F)C(F)(F)F. The standard InChI is InChI=1S/C31H41F5O4S.C31H41F5O3S/c1-29(24-13-11-23(21-37)12-14-24)22-40-28-20-25(38)15-16-26(28)27(29)10-7-5-3-2-4-6-8-18-41(39)19-9-17-30(32,33)31(34,35)36;1-29(24-13-11-23(21-37)12-14-24)22-39-28-20-25(38)15-16-26(28)27(29)10-7-5-3-2-4-6-8-18-40-19-9-17-30(32,33)31(34,35)36/h11-16,20,27,37-38H,2-10,17-19,21-22H2,1H3;11-16,20,27,37-38H,2-10,17-19,21-22H2,1H3/t27-,29-,41?;27-,29-/m11/s1. The number of phenolic OH excluding ortho intramolecular Hbond substituents is 2. The lowest BCUT2D eigenvalue weighted by Gasteiger charge is -2.43. The Hall–Kier alpha value is -4.20. The molecule has 2 heterocycles. The second-order valence-corrected chi connectivity index (χ2v) is 25.2. The molecule has 7 nitrogen and oxygen atoms in total. The van der Waals surface area contributed by atoms with Gasteiger partial charge in [-0.2, -0.15) is 55.7 Å². The maximum atomic E-state index is 12.9. The third-order valence-electron chi connectivity index (χ3n) is 16.0. The molecule has 6 rings (SSSR count). The molecule has 81 heavy (non-hydrogen) atoms. The number of rotatable bonds is 32. The Morgan fingerprint density at radius 1 is 0.494 bits per heavy atom. The number of halogens is 10. The van der Waals surface area contributed by atoms with Crippen molar-refractivity contribution in [3.05, 3.63) is 118 Å². The van der Waals surface area contributed by atoms with E-state index in [1.54, 1.807) is 24.3 Å². The first-order chi connectivity index (χ1) is 38.3. The monoisotopic (exact) mass is 1190 g/mol. The normalized spacial score (nSPS) is 19.6. The van der Waals surface area contributed by atoms with Gasteiger partial charge < -0.3 is 29.9 Å². The van der Waals surface area contributed by atoms with E-state index in [1.165, 1.54) is 17.3 Å². The molecule has 0 radical (unpaired) electrons. The Morgan fingerprint density at radius 2 is 0.852 bits per heavy atom. The lowest BCUT2D eigenvalue weighted by molar-refractivity contribution is -0.284. The maximum absolute atomic E-state index is 12.9. The van der Waals surface area contributed by atoms with E-state index in [2.05, 4.69) is 38.1 Å². The predicted octanol–water partition coefficient (Wildman–Crippen LogP) is 17.3. The Labute approximate surface area is 478 Å². The van der Waals surface area contributed by atoms with Crippen molar-refractivity contribution in [1.82, 2.24) is 0 Å². The van der Waals surface area contributed by atoms with Gasteiger partial charge in [0.05, 0.1) is 26.4 Å². The van der Waals surface area contributed by atoms with Crippen LogP contribution < -0.4 is 9.47 Å². The Bertz CT molecular complexity index is 2510. The van der Waals surface area contributed by atoms with Crippen LogP contribution in [0.4, 0.5) is 43.9 Å². The fourth-order valence-electron chi connectivity index (χ4n) is 11.0. The first-order valence-electron chi connectivity index (χ1n) is 28.5. The van der Waals surface area contributed by atoms with E-state index in [-0.39, 0.29) is 59.6 Å². The van der Waals surface area contributed by atoms with Crippen molar-refractivity contribution in [3.63, 3.8) is 0 Å². The molecule has 19 heteroatoms. The number of fused-ring (bicyclic) bond motifs is 2. The van der Waals surface area contributed by atoms with E-state index in [9.17, 15) is 68.5 Å². The summed E-state index contributed by atoms with van der Waals surface area (Å²) in [4.78, 5) is 0. The maximum Gasteiger partial charge on any atom is 0.453 e. The van der Waals surface area contributed by atoms with Gasteiger partial charge in [0.15, 0.2) is 0 Å². The molecule has 0 bridgehead atoms. The van der Waals surface area contributed by atoms with Crippen LogP contribution in [0.1, 0.15) is 187 Å². The number of thioether (sulfide) groups is 1. The van der Waals surface area contributed by atoms with Gasteiger partial charge in [-0.3, -0.25) is 4.21 Å². The largest absolute Gasteiger partial charge is 0.508 e. The second kappa shape index (κ2) is 31.6. The fraction of sp³-hybridized carbons (Fsp3) is 0.613. The van der Waals surface area contributed by atoms with E-state index in [0.29, 0.717) is 36.9 Å². The van der Waals surface area contributed by atoms with E-state index in [1.807, 2.05) is 36.4 Å². The van der Waals surface area contributed by atoms with Gasteiger partial charge in [-0.25, -0.2) is 0 Å². The van der Waals surface area contributed by atoms with Crippen LogP contribution in [0.5, 0.6) is 23.0 Å². The summed E-state index contributed by atoms with van der Waals surface area (Å²) in [5.74, 6) is -5.78. The van der Waals surface area contributed by atoms with Crippen LogP contribution in [-0.4, -0.2) is 85.1 Å². The van der Waals surface area contributed by atoms with E-state index in [4.69, 9.17) is 9.47 Å². The summed E-state index contributed by atoms with van der Waals surface area (Å²) in [7, 11) is -1.38. The molecular weight excluding hydrogens is 1110 g/mol. The number of aliphatic hydroxyl groups is 2. The highest BCUT2D eigenvalue weighted by Gasteiger charge is 2.57. The molecule has 4 aromatic carbocycles. The second-order valence-electron chi connectivity index (χ2n) is 22.3. The summed E-state index contributed by atoms with van der Waals surface area (Å²) in [6.45, 7) is 5.41. The van der Waals surface area contributed by atoms with Crippen LogP contribution in [-0.2, 0) is 34.8 Å². The van der Waals surface area contributed by atoms with Crippen molar-refractivity contribution < 1.29 is 78.0 Å². The van der Waals surface area contributed by atoms with Crippen LogP contribution in [0, 0.1) is 0 Å². The third kappa shape index (κ3) is 20.0. The highest BCUT2D eigenvalue weighted by molar-refractivity contribution is 7.99. The van der Waals surface area contributed by atoms with Gasteiger partial charge in [-0.1, -0.05) is 152 Å². The van der Waals surface area contributed by atoms with Crippen molar-refractivity contribution in [3.8, 4) is 23.0 Å². The lowest BCUT2D eigenvalue weighted by Crippen LogP contribution is -2.40. The molecule has 4 N–H and O–H groups in total. The number of hydrogen-bond acceptors (Lipinski definition) is 8. The van der Waals surface area contributed by atoms with Crippen LogP contribution >= 0.6 is 11.8 Å². The van der Waals surface area contributed by atoms with Gasteiger partial charge in [-0.05, 0) is 95.5 Å². The quantitative estimate of drug-likeness (QED) is 0.0282. The number of phenols is 2. The third-order valence-corrected chi connectivity index (χ3v) is 18.7. The molecule has 5 atom stereocenters. The van der Waals surface area contributed by atoms with Gasteiger partial charge in [0, 0.05) is 69.9 Å². The average molecular weight is 1190 g/mol. The van der Waals surface area contributed by atoms with Crippen molar-refractivity contribution >= 4 is 22.6 Å². The summed E-state index contributed by atoms with van der Waals surface area (Å²) in [6.07, 6.45) is 1.98. The zero-order valence-corrected chi connectivity index (χ0v) is 48.3. The minimum atomic E-state index is -5.56. The molecule has 2 aliphatic rings. The topological polar surface area (TPSA) is 116 Å². The molecule has 0 amide bonds. The zero-order valence-electron chi connectivity index (χ0n) is 46.6. The summed E-state index contributed by atoms with van der Waals surface area (Å²) in [5.41, 5.74) is 5.72. The minimum Gasteiger partial charge on any atom is -0.508 e. The fourth-order valence-corrected chi connectivity index (χ4v) is 13.1. The number of alkyl halides is 10. The summed E-state index contributed by atoms with van der Waals surface area (Å²) < 4.78 is 149. The molecule has 0 spiro atoms. The van der Waals surface area contributed by atoms with E-state index in [0.717, 1.165) is 136 Å². The highest BCUT2D eigenvalue weighted by Crippen LogP contribution is 2.51. The number of aliphatic hydroxyl groups excluding tert-OH is 2. The van der Waals surface area contributed by atoms with Crippen LogP contribution in [0.3, 0.4) is 0 Å². The predicted molar refractivity (Wildman–Crippen MR) is 302 cm³/mol. The summed E-state index contributed by atoms with van der Waals surface area (Å²) >= 11 is 1.45. The minimum absolute atomic E-state index is 0.00469. The molecular formula is C62H82F10O7S2. The molecule has 4 aromatic rings. The Kier molecular flexibility index (Phi) is 26.4. The number of unbranched alkanes of at least 4 members (excludes halogenated alkanes) is 12. The molecule has 1 unspecified atom stereocenters.